The first-order valence-electron chi connectivity index (χ1n) is 24.2. The summed E-state index contributed by atoms with van der Waals surface area (Å²) in [4.78, 5) is 13.0. The van der Waals surface area contributed by atoms with E-state index < -0.39 is 49.5 Å². The number of aliphatic hydroxyl groups is 5. The summed E-state index contributed by atoms with van der Waals surface area (Å²) >= 11 is 0. The molecule has 6 N–H and O–H groups in total. The van der Waals surface area contributed by atoms with E-state index in [0.29, 0.717) is 6.42 Å². The van der Waals surface area contributed by atoms with Gasteiger partial charge in [-0.2, -0.15) is 0 Å². The number of hydrogen-bond donors (Lipinski definition) is 6. The summed E-state index contributed by atoms with van der Waals surface area (Å²) in [6.07, 6.45) is 48.1. The lowest BCUT2D eigenvalue weighted by atomic mass is 9.99. The molecule has 1 fully saturated rings. The highest BCUT2D eigenvalue weighted by Gasteiger charge is 2.44. The molecule has 0 spiro atoms. The fourth-order valence-corrected chi connectivity index (χ4v) is 7.18. The molecule has 0 saturated carbocycles. The number of unbranched alkanes of at least 4 members (excludes halogenated alkanes) is 19. The number of allylic oxidation sites excluding steroid dienone is 11. The van der Waals surface area contributed by atoms with E-state index in [1.54, 1.807) is 6.08 Å². The van der Waals surface area contributed by atoms with Crippen molar-refractivity contribution in [2.75, 3.05) is 13.2 Å². The summed E-state index contributed by atoms with van der Waals surface area (Å²) in [6.45, 7) is 3.62. The molecule has 0 bridgehead atoms. The van der Waals surface area contributed by atoms with Crippen LogP contribution in [-0.2, 0) is 14.3 Å². The van der Waals surface area contributed by atoms with Crippen LogP contribution in [0.25, 0.3) is 0 Å². The van der Waals surface area contributed by atoms with Gasteiger partial charge in [0.15, 0.2) is 6.29 Å². The monoisotopic (exact) mass is 844 g/mol. The lowest BCUT2D eigenvalue weighted by Crippen LogP contribution is -2.60. The third-order valence-electron chi connectivity index (χ3n) is 11.0. The molecule has 9 nitrogen and oxygen atoms in total. The lowest BCUT2D eigenvalue weighted by molar-refractivity contribution is -0.302. The molecule has 1 aliphatic rings. The molecule has 0 aromatic heterocycles. The smallest absolute Gasteiger partial charge is 0.220 e. The third-order valence-corrected chi connectivity index (χ3v) is 11.0. The maximum Gasteiger partial charge on any atom is 0.220 e. The Hall–Kier alpha value is -2.37. The number of rotatable bonds is 39. The van der Waals surface area contributed by atoms with Gasteiger partial charge >= 0.3 is 0 Å². The topological polar surface area (TPSA) is 149 Å². The minimum atomic E-state index is -1.57. The van der Waals surface area contributed by atoms with Gasteiger partial charge in [0.05, 0.1) is 25.4 Å². The van der Waals surface area contributed by atoms with Gasteiger partial charge in [-0.15, -0.1) is 0 Å². The first kappa shape index (κ1) is 55.6. The second kappa shape index (κ2) is 40.7. The molecular formula is C51H89NO8. The van der Waals surface area contributed by atoms with Crippen molar-refractivity contribution in [3.63, 3.8) is 0 Å². The fourth-order valence-electron chi connectivity index (χ4n) is 7.18. The SMILES string of the molecule is CC/C=C\C/C=C\C/C=C\C/C=C\C/C=C\CCCCCCCCCCCCCC(=O)NC(COC1OC(CO)C(O)C(O)C1O)C(O)/C=C/CCCCCCCCCC. The number of carbonyl (C=O) groups excluding carboxylic acids is 1. The largest absolute Gasteiger partial charge is 0.394 e. The van der Waals surface area contributed by atoms with Crippen LogP contribution in [0.5, 0.6) is 0 Å². The van der Waals surface area contributed by atoms with Crippen molar-refractivity contribution in [1.29, 1.82) is 0 Å². The van der Waals surface area contributed by atoms with E-state index in [0.717, 1.165) is 70.6 Å². The molecule has 0 radical (unpaired) electrons. The highest BCUT2D eigenvalue weighted by atomic mass is 16.7. The van der Waals surface area contributed by atoms with Crippen molar-refractivity contribution in [2.24, 2.45) is 0 Å². The summed E-state index contributed by atoms with van der Waals surface area (Å²) in [5, 5.41) is 54.1. The van der Waals surface area contributed by atoms with Crippen LogP contribution >= 0.6 is 0 Å². The van der Waals surface area contributed by atoms with Crippen molar-refractivity contribution in [3.8, 4) is 0 Å². The molecule has 1 heterocycles. The molecule has 0 aromatic rings. The van der Waals surface area contributed by atoms with Crippen molar-refractivity contribution in [1.82, 2.24) is 5.32 Å². The number of carbonyl (C=O) groups is 1. The molecule has 7 unspecified atom stereocenters. The van der Waals surface area contributed by atoms with E-state index in [9.17, 15) is 30.3 Å². The van der Waals surface area contributed by atoms with Gasteiger partial charge in [0.1, 0.15) is 24.4 Å². The average molecular weight is 844 g/mol. The van der Waals surface area contributed by atoms with Crippen LogP contribution in [0.3, 0.4) is 0 Å². The van der Waals surface area contributed by atoms with E-state index in [1.165, 1.54) is 96.3 Å². The Morgan fingerprint density at radius 3 is 1.53 bits per heavy atom. The van der Waals surface area contributed by atoms with Gasteiger partial charge in [0, 0.05) is 6.42 Å². The van der Waals surface area contributed by atoms with E-state index in [4.69, 9.17) is 9.47 Å². The zero-order valence-corrected chi connectivity index (χ0v) is 37.9. The van der Waals surface area contributed by atoms with E-state index in [-0.39, 0.29) is 12.5 Å². The fraction of sp³-hybridized carbons (Fsp3) is 0.745. The molecule has 1 rings (SSSR count). The molecule has 0 aromatic carbocycles. The van der Waals surface area contributed by atoms with Gasteiger partial charge in [-0.1, -0.05) is 189 Å². The lowest BCUT2D eigenvalue weighted by Gasteiger charge is -2.40. The van der Waals surface area contributed by atoms with Gasteiger partial charge in [-0.05, 0) is 64.2 Å². The Morgan fingerprint density at radius 1 is 0.583 bits per heavy atom. The molecule has 1 saturated heterocycles. The normalized spacial score (nSPS) is 21.2. The van der Waals surface area contributed by atoms with Gasteiger partial charge in [-0.25, -0.2) is 0 Å². The van der Waals surface area contributed by atoms with Crippen molar-refractivity contribution in [2.45, 2.75) is 230 Å². The Labute approximate surface area is 366 Å². The maximum absolute atomic E-state index is 13.0. The zero-order valence-electron chi connectivity index (χ0n) is 37.9. The van der Waals surface area contributed by atoms with Crippen LogP contribution in [0.2, 0.25) is 0 Å². The van der Waals surface area contributed by atoms with Crippen LogP contribution < -0.4 is 5.32 Å². The maximum atomic E-state index is 13.0. The van der Waals surface area contributed by atoms with Gasteiger partial charge in [0.2, 0.25) is 5.91 Å². The number of hydrogen-bond acceptors (Lipinski definition) is 8. The number of nitrogens with one attached hydrogen (secondary N) is 1. The Bertz CT molecular complexity index is 1160. The van der Waals surface area contributed by atoms with Crippen LogP contribution in [-0.4, -0.2) is 87.5 Å². The molecule has 1 amide bonds. The first-order valence-corrected chi connectivity index (χ1v) is 24.2. The summed E-state index contributed by atoms with van der Waals surface area (Å²) in [5.74, 6) is -0.186. The van der Waals surface area contributed by atoms with Crippen molar-refractivity contribution in [3.05, 3.63) is 72.9 Å². The van der Waals surface area contributed by atoms with Gasteiger partial charge < -0.3 is 40.3 Å². The van der Waals surface area contributed by atoms with Crippen LogP contribution in [0.15, 0.2) is 72.9 Å². The number of ether oxygens (including phenoxy) is 2. The van der Waals surface area contributed by atoms with Gasteiger partial charge in [-0.3, -0.25) is 4.79 Å². The van der Waals surface area contributed by atoms with Crippen molar-refractivity contribution >= 4 is 5.91 Å². The van der Waals surface area contributed by atoms with E-state index >= 15 is 0 Å². The average Bonchev–Trinajstić information content (AvgIpc) is 3.25. The Balaban J connectivity index is 2.22. The second-order valence-electron chi connectivity index (χ2n) is 16.5. The standard InChI is InChI=1S/C51H89NO8/c1-3-5-7-9-11-13-15-16-17-18-19-20-21-22-23-24-25-26-27-28-29-30-31-33-35-37-39-41-47(55)52-44(43-59-51-50(58)49(57)48(56)46(42-53)60-51)45(54)40-38-36-34-32-14-12-10-8-6-4-2/h5,7,11,13,16-17,19-20,22-23,38,40,44-46,48-51,53-54,56-58H,3-4,6,8-10,12,14-15,18,21,24-37,39,41-43H2,1-2H3,(H,52,55)/b7-5-,13-11-,17-16-,20-19-,23-22-,40-38+. The zero-order chi connectivity index (χ0) is 43.7. The minimum absolute atomic E-state index is 0.186. The van der Waals surface area contributed by atoms with E-state index in [2.05, 4.69) is 79.9 Å². The molecule has 9 heteroatoms. The second-order valence-corrected chi connectivity index (χ2v) is 16.5. The Kier molecular flexibility index (Phi) is 37.7. The highest BCUT2D eigenvalue weighted by Crippen LogP contribution is 2.22. The highest BCUT2D eigenvalue weighted by molar-refractivity contribution is 5.76. The van der Waals surface area contributed by atoms with Crippen LogP contribution in [0.1, 0.15) is 187 Å². The third kappa shape index (κ3) is 30.6. The van der Waals surface area contributed by atoms with Gasteiger partial charge in [0.25, 0.3) is 0 Å². The molecule has 60 heavy (non-hydrogen) atoms. The summed E-state index contributed by atoms with van der Waals surface area (Å²) < 4.78 is 11.2. The number of amides is 1. The van der Waals surface area contributed by atoms with Crippen LogP contribution in [0.4, 0.5) is 0 Å². The molecule has 0 aliphatic carbocycles. The predicted octanol–water partition coefficient (Wildman–Crippen LogP) is 10.6. The first-order chi connectivity index (χ1) is 29.3. The quantitative estimate of drug-likeness (QED) is 0.0265. The summed E-state index contributed by atoms with van der Waals surface area (Å²) in [7, 11) is 0. The molecule has 7 atom stereocenters. The molecule has 346 valence electrons. The Morgan fingerprint density at radius 2 is 1.03 bits per heavy atom. The van der Waals surface area contributed by atoms with Crippen molar-refractivity contribution < 1.29 is 39.8 Å². The van der Waals surface area contributed by atoms with Crippen LogP contribution in [0, 0.1) is 0 Å². The number of aliphatic hydroxyl groups excluding tert-OH is 5. The van der Waals surface area contributed by atoms with E-state index in [1.807, 2.05) is 6.08 Å². The summed E-state index contributed by atoms with van der Waals surface area (Å²) in [6, 6.07) is -0.808. The predicted molar refractivity (Wildman–Crippen MR) is 249 cm³/mol. The molecular weight excluding hydrogens is 755 g/mol. The molecule has 1 aliphatic heterocycles. The minimum Gasteiger partial charge on any atom is -0.394 e. The summed E-state index contributed by atoms with van der Waals surface area (Å²) in [5.41, 5.74) is 0.